The third-order valence-electron chi connectivity index (χ3n) is 6.12. The van der Waals surface area contributed by atoms with E-state index < -0.39 is 10.0 Å². The minimum atomic E-state index is -3.56. The Kier molecular flexibility index (Phi) is 7.16. The fraction of sp³-hybridized carbons (Fsp3) is 0.154. The van der Waals surface area contributed by atoms with Gasteiger partial charge in [0.2, 0.25) is 14.8 Å². The Bertz CT molecular complexity index is 1780. The molecular formula is C26H22BrN5O3S3. The van der Waals surface area contributed by atoms with Gasteiger partial charge in [-0.25, -0.2) is 18.1 Å². The Balaban J connectivity index is 1.37. The molecular weight excluding hydrogens is 606 g/mol. The molecule has 0 atom stereocenters. The number of hydrogen-bond acceptors (Lipinski definition) is 7. The molecule has 194 valence electrons. The van der Waals surface area contributed by atoms with Gasteiger partial charge in [0.25, 0.3) is 0 Å². The van der Waals surface area contributed by atoms with Crippen LogP contribution >= 0.6 is 38.6 Å². The molecule has 5 aromatic rings. The molecule has 6 rings (SSSR count). The lowest BCUT2D eigenvalue weighted by Crippen LogP contribution is -2.40. The summed E-state index contributed by atoms with van der Waals surface area (Å²) in [7, 11) is -3.56. The number of thiophene rings is 1. The highest BCUT2D eigenvalue weighted by molar-refractivity contribution is 9.10. The number of hydrogen-bond donors (Lipinski definition) is 1. The first-order valence-corrected chi connectivity index (χ1v) is 15.8. The first-order chi connectivity index (χ1) is 18.5. The van der Waals surface area contributed by atoms with E-state index in [4.69, 9.17) is 14.8 Å². The van der Waals surface area contributed by atoms with E-state index in [1.54, 1.807) is 35.6 Å². The van der Waals surface area contributed by atoms with E-state index in [9.17, 15) is 8.42 Å². The highest BCUT2D eigenvalue weighted by atomic mass is 79.9. The summed E-state index contributed by atoms with van der Waals surface area (Å²) in [6, 6.07) is 16.8. The molecule has 1 saturated heterocycles. The first kappa shape index (κ1) is 25.4. The molecule has 4 heterocycles. The van der Waals surface area contributed by atoms with Crippen LogP contribution in [0.4, 0.5) is 5.69 Å². The molecule has 0 bridgehead atoms. The average Bonchev–Trinajstić information content (AvgIpc) is 3.69. The second-order valence-electron chi connectivity index (χ2n) is 8.49. The largest absolute Gasteiger partial charge is 0.379 e. The Morgan fingerprint density at radius 3 is 2.63 bits per heavy atom. The summed E-state index contributed by atoms with van der Waals surface area (Å²) in [6.45, 7) is 1.54. The van der Waals surface area contributed by atoms with Crippen LogP contribution < -0.4 is 4.80 Å². The molecule has 0 amide bonds. The quantitative estimate of drug-likeness (QED) is 0.246. The van der Waals surface area contributed by atoms with Crippen molar-refractivity contribution in [2.45, 2.75) is 4.90 Å². The van der Waals surface area contributed by atoms with Crippen LogP contribution in [0, 0.1) is 0 Å². The van der Waals surface area contributed by atoms with E-state index in [-0.39, 0.29) is 4.90 Å². The number of nitrogens with one attached hydrogen (secondary N) is 1. The molecule has 0 spiro atoms. The molecule has 0 radical (unpaired) electrons. The average molecular weight is 629 g/mol. The van der Waals surface area contributed by atoms with Gasteiger partial charge >= 0.3 is 0 Å². The van der Waals surface area contributed by atoms with Crippen molar-refractivity contribution in [3.63, 3.8) is 0 Å². The standard InChI is InChI=1S/C26H22BrN5O3S3/c27-19-3-8-23-22(14-19)18(15-28-23)16-29-32-24(25-2-1-13-36-25)17-37-26(32)30-20-4-6-21(7-5-20)38(33,34)31-9-11-35-12-10-31/h1-8,13-17,28H,9-12H2. The number of aromatic amines is 1. The van der Waals surface area contributed by atoms with Crippen molar-refractivity contribution >= 4 is 71.4 Å². The lowest BCUT2D eigenvalue weighted by atomic mass is 10.2. The zero-order chi connectivity index (χ0) is 26.1. The Hall–Kier alpha value is -2.87. The number of halogens is 1. The van der Waals surface area contributed by atoms with Gasteiger partial charge in [0, 0.05) is 45.6 Å². The van der Waals surface area contributed by atoms with Gasteiger partial charge in [0.1, 0.15) is 0 Å². The number of thiazole rings is 1. The molecule has 1 aliphatic heterocycles. The van der Waals surface area contributed by atoms with Crippen LogP contribution in [0.25, 0.3) is 21.5 Å². The number of rotatable bonds is 6. The predicted octanol–water partition coefficient (Wildman–Crippen LogP) is 5.66. The van der Waals surface area contributed by atoms with E-state index in [1.807, 2.05) is 46.0 Å². The zero-order valence-electron chi connectivity index (χ0n) is 20.0. The topological polar surface area (TPSA) is 92.0 Å². The monoisotopic (exact) mass is 627 g/mol. The van der Waals surface area contributed by atoms with Crippen LogP contribution in [0.3, 0.4) is 0 Å². The van der Waals surface area contributed by atoms with Gasteiger partial charge in [0.15, 0.2) is 0 Å². The number of nitrogens with zero attached hydrogens (tertiary/aromatic N) is 4. The highest BCUT2D eigenvalue weighted by Gasteiger charge is 2.26. The first-order valence-electron chi connectivity index (χ1n) is 11.8. The van der Waals surface area contributed by atoms with E-state index in [2.05, 4.69) is 33.0 Å². The van der Waals surface area contributed by atoms with E-state index in [0.29, 0.717) is 36.8 Å². The summed E-state index contributed by atoms with van der Waals surface area (Å²) in [6.07, 6.45) is 3.76. The maximum Gasteiger partial charge on any atom is 0.243 e. The van der Waals surface area contributed by atoms with Crippen molar-refractivity contribution in [2.24, 2.45) is 10.1 Å². The lowest BCUT2D eigenvalue weighted by molar-refractivity contribution is 0.0730. The van der Waals surface area contributed by atoms with Gasteiger partial charge in [-0.3, -0.25) is 0 Å². The predicted molar refractivity (Wildman–Crippen MR) is 156 cm³/mol. The Morgan fingerprint density at radius 2 is 1.87 bits per heavy atom. The van der Waals surface area contributed by atoms with Gasteiger partial charge in [-0.05, 0) is 53.9 Å². The number of benzene rings is 2. The normalized spacial score (nSPS) is 15.7. The number of H-pyrrole nitrogens is 1. The maximum absolute atomic E-state index is 13.0. The Morgan fingerprint density at radius 1 is 1.05 bits per heavy atom. The Labute approximate surface area is 235 Å². The fourth-order valence-corrected chi connectivity index (χ4v) is 7.58. The van der Waals surface area contributed by atoms with Crippen molar-refractivity contribution in [1.82, 2.24) is 14.0 Å². The van der Waals surface area contributed by atoms with E-state index >= 15 is 0 Å². The maximum atomic E-state index is 13.0. The van der Waals surface area contributed by atoms with E-state index in [1.165, 1.54) is 15.6 Å². The van der Waals surface area contributed by atoms with Gasteiger partial charge in [-0.15, -0.1) is 22.7 Å². The molecule has 0 aliphatic carbocycles. The molecule has 8 nitrogen and oxygen atoms in total. The molecule has 38 heavy (non-hydrogen) atoms. The summed E-state index contributed by atoms with van der Waals surface area (Å²) in [5, 5.41) is 9.95. The summed E-state index contributed by atoms with van der Waals surface area (Å²) < 4.78 is 35.5. The zero-order valence-corrected chi connectivity index (χ0v) is 24.0. The van der Waals surface area contributed by atoms with Crippen molar-refractivity contribution in [3.05, 3.63) is 86.4 Å². The smallest absolute Gasteiger partial charge is 0.243 e. The van der Waals surface area contributed by atoms with Gasteiger partial charge in [-0.2, -0.15) is 9.41 Å². The van der Waals surface area contributed by atoms with E-state index in [0.717, 1.165) is 31.5 Å². The minimum Gasteiger partial charge on any atom is -0.379 e. The number of fused-ring (bicyclic) bond motifs is 1. The summed E-state index contributed by atoms with van der Waals surface area (Å²) >= 11 is 6.66. The van der Waals surface area contributed by atoms with Gasteiger partial charge < -0.3 is 9.72 Å². The molecule has 12 heteroatoms. The van der Waals surface area contributed by atoms with Crippen molar-refractivity contribution in [2.75, 3.05) is 26.3 Å². The molecule has 0 unspecified atom stereocenters. The number of sulfonamides is 1. The molecule has 1 aliphatic rings. The molecule has 0 saturated carbocycles. The fourth-order valence-electron chi connectivity index (χ4n) is 4.16. The van der Waals surface area contributed by atoms with Crippen molar-refractivity contribution in [1.29, 1.82) is 0 Å². The third kappa shape index (κ3) is 5.07. The lowest BCUT2D eigenvalue weighted by Gasteiger charge is -2.26. The van der Waals surface area contributed by atoms with Gasteiger partial charge in [0.05, 0.1) is 40.6 Å². The number of aromatic nitrogens is 2. The third-order valence-corrected chi connectivity index (χ3v) is 10.2. The molecule has 1 fully saturated rings. The number of ether oxygens (including phenoxy) is 1. The highest BCUT2D eigenvalue weighted by Crippen LogP contribution is 2.27. The molecule has 3 aromatic heterocycles. The number of morpholine rings is 1. The molecule has 2 aromatic carbocycles. The summed E-state index contributed by atoms with van der Waals surface area (Å²) in [4.78, 5) is 10.1. The van der Waals surface area contributed by atoms with Gasteiger partial charge in [-0.1, -0.05) is 22.0 Å². The van der Waals surface area contributed by atoms with Crippen LogP contribution in [0.2, 0.25) is 0 Å². The second kappa shape index (κ2) is 10.7. The summed E-state index contributed by atoms with van der Waals surface area (Å²) in [5.41, 5.74) is 3.57. The second-order valence-corrected chi connectivity index (χ2v) is 13.1. The van der Waals surface area contributed by atoms with Crippen LogP contribution in [-0.4, -0.2) is 54.9 Å². The van der Waals surface area contributed by atoms with Crippen molar-refractivity contribution in [3.8, 4) is 10.6 Å². The van der Waals surface area contributed by atoms with Crippen LogP contribution in [0.15, 0.2) is 91.0 Å². The minimum absolute atomic E-state index is 0.250. The molecule has 1 N–H and O–H groups in total. The van der Waals surface area contributed by atoms with Crippen molar-refractivity contribution < 1.29 is 13.2 Å². The van der Waals surface area contributed by atoms with Crippen LogP contribution in [0.1, 0.15) is 5.56 Å². The summed E-state index contributed by atoms with van der Waals surface area (Å²) in [5.74, 6) is 0. The van der Waals surface area contributed by atoms with Crippen LogP contribution in [-0.2, 0) is 14.8 Å². The van der Waals surface area contributed by atoms with Crippen LogP contribution in [0.5, 0.6) is 0 Å². The SMILES string of the molecule is O=S(=O)(c1ccc(N=c2scc(-c3cccs3)n2N=Cc2c[nH]c3ccc(Br)cc23)cc1)N1CCOCC1.